The highest BCUT2D eigenvalue weighted by molar-refractivity contribution is 7.13. The first-order chi connectivity index (χ1) is 40.5. The number of hydrogen-bond donors (Lipinski definition) is 6. The van der Waals surface area contributed by atoms with E-state index in [4.69, 9.17) is 23.7 Å². The smallest absolute Gasteiger partial charge is 0.246 e. The number of carbonyl (C=O) groups excluding carboxylic acids is 6. The molecule has 0 radical (unpaired) electrons. The van der Waals surface area contributed by atoms with Crippen LogP contribution in [0.4, 0.5) is 0 Å². The predicted octanol–water partition coefficient (Wildman–Crippen LogP) is 5.57. The van der Waals surface area contributed by atoms with Crippen LogP contribution in [-0.2, 0) is 55.9 Å². The van der Waals surface area contributed by atoms with E-state index in [9.17, 15) is 33.9 Å². The number of aliphatic hydroxyl groups excluding tert-OH is 1. The second-order valence-electron chi connectivity index (χ2n) is 23.6. The lowest BCUT2D eigenvalue weighted by molar-refractivity contribution is -0.144. The number of aliphatic hydroxyl groups is 1. The van der Waals surface area contributed by atoms with Crippen molar-refractivity contribution in [3.05, 3.63) is 101 Å². The number of amides is 6. The van der Waals surface area contributed by atoms with Crippen LogP contribution in [0.3, 0.4) is 0 Å². The molecule has 2 aliphatic carbocycles. The topological polar surface area (TPSA) is 248 Å². The van der Waals surface area contributed by atoms with Gasteiger partial charge in [0.15, 0.2) is 0 Å². The molecule has 3 fully saturated rings. The van der Waals surface area contributed by atoms with Crippen molar-refractivity contribution >= 4 is 46.8 Å². The Kier molecular flexibility index (Phi) is 23.1. The van der Waals surface area contributed by atoms with Crippen LogP contribution in [0.25, 0.3) is 10.4 Å². The van der Waals surface area contributed by atoms with Crippen molar-refractivity contribution < 1.29 is 57.6 Å². The molecule has 3 aromatic carbocycles. The molecule has 8 rings (SSSR count). The molecule has 456 valence electrons. The summed E-state index contributed by atoms with van der Waals surface area (Å²) in [6, 6.07) is 19.1. The number of nitrogens with zero attached hydrogens (tertiary/aromatic N) is 3. The van der Waals surface area contributed by atoms with Gasteiger partial charge in [-0.15, -0.1) is 11.3 Å². The molecule has 0 unspecified atom stereocenters. The highest BCUT2D eigenvalue weighted by atomic mass is 32.1. The average molecular weight is 1180 g/mol. The lowest BCUT2D eigenvalue weighted by Crippen LogP contribution is -2.58. The van der Waals surface area contributed by atoms with E-state index in [1.165, 1.54) is 10.5 Å². The fourth-order valence-corrected chi connectivity index (χ4v) is 12.4. The molecule has 1 aromatic heterocycles. The molecule has 0 bridgehead atoms. The fourth-order valence-electron chi connectivity index (χ4n) is 11.6. The number of aryl methyl sites for hydroxylation is 2. The van der Waals surface area contributed by atoms with Gasteiger partial charge in [0, 0.05) is 32.0 Å². The third kappa shape index (κ3) is 17.3. The average Bonchev–Trinajstić information content (AvgIpc) is 4.45. The maximum Gasteiger partial charge on any atom is 0.246 e. The van der Waals surface area contributed by atoms with Gasteiger partial charge in [0.05, 0.1) is 73.8 Å². The molecular formula is C63H86N8O12S. The van der Waals surface area contributed by atoms with Gasteiger partial charge in [-0.1, -0.05) is 94.6 Å². The summed E-state index contributed by atoms with van der Waals surface area (Å²) in [5.41, 5.74) is 6.29. The molecule has 1 saturated carbocycles. The van der Waals surface area contributed by atoms with E-state index >= 15 is 0 Å². The quantitative estimate of drug-likeness (QED) is 0.0400. The number of ether oxygens (including phenoxy) is 5. The number of benzene rings is 3. The maximum absolute atomic E-state index is 14.8. The van der Waals surface area contributed by atoms with Crippen LogP contribution < -0.4 is 36.1 Å². The molecular weight excluding hydrogens is 1090 g/mol. The van der Waals surface area contributed by atoms with Crippen molar-refractivity contribution in [3.63, 3.8) is 0 Å². The van der Waals surface area contributed by atoms with Gasteiger partial charge >= 0.3 is 0 Å². The predicted molar refractivity (Wildman–Crippen MR) is 318 cm³/mol. The fraction of sp³-hybridized carbons (Fsp3) is 0.571. The summed E-state index contributed by atoms with van der Waals surface area (Å²) in [6.07, 6.45) is 6.33. The maximum atomic E-state index is 14.8. The van der Waals surface area contributed by atoms with Crippen LogP contribution in [0.1, 0.15) is 114 Å². The summed E-state index contributed by atoms with van der Waals surface area (Å²) in [5.74, 6) is -1.06. The zero-order valence-corrected chi connectivity index (χ0v) is 50.3. The van der Waals surface area contributed by atoms with Crippen LogP contribution >= 0.6 is 11.3 Å². The first-order valence-electron chi connectivity index (χ1n) is 29.8. The Morgan fingerprint density at radius 3 is 2.17 bits per heavy atom. The van der Waals surface area contributed by atoms with Crippen molar-refractivity contribution in [2.24, 2.45) is 11.3 Å². The highest BCUT2D eigenvalue weighted by Crippen LogP contribution is 2.35. The molecule has 6 N–H and O–H groups in total. The first kappa shape index (κ1) is 63.5. The van der Waals surface area contributed by atoms with Gasteiger partial charge in [0.2, 0.25) is 35.4 Å². The molecule has 2 aliphatic heterocycles. The molecule has 20 nitrogen and oxygen atoms in total. The minimum atomic E-state index is -0.993. The summed E-state index contributed by atoms with van der Waals surface area (Å²) in [6.45, 7) is 10.6. The summed E-state index contributed by atoms with van der Waals surface area (Å²) in [5, 5.41) is 25.7. The Morgan fingerprint density at radius 1 is 0.762 bits per heavy atom. The minimum Gasteiger partial charge on any atom is -0.491 e. The molecule has 6 amide bonds. The molecule has 0 spiro atoms. The Hall–Kier alpha value is -6.49. The molecule has 4 aliphatic rings. The first-order valence-corrected chi connectivity index (χ1v) is 30.7. The molecule has 8 atom stereocenters. The molecule has 84 heavy (non-hydrogen) atoms. The second kappa shape index (κ2) is 30.5. The van der Waals surface area contributed by atoms with Crippen LogP contribution in [-0.4, -0.2) is 164 Å². The number of likely N-dealkylation sites (tertiary alicyclic amines) is 2. The summed E-state index contributed by atoms with van der Waals surface area (Å²) in [4.78, 5) is 91.6. The van der Waals surface area contributed by atoms with Gasteiger partial charge in [-0.2, -0.15) is 0 Å². The van der Waals surface area contributed by atoms with E-state index in [1.807, 2.05) is 87.8 Å². The van der Waals surface area contributed by atoms with E-state index in [1.54, 1.807) is 36.3 Å². The van der Waals surface area contributed by atoms with Crippen LogP contribution in [0.5, 0.6) is 11.5 Å². The lowest BCUT2D eigenvalue weighted by atomic mass is 9.83. The number of thiazole rings is 1. The summed E-state index contributed by atoms with van der Waals surface area (Å²) >= 11 is 1.57. The second-order valence-corrected chi connectivity index (χ2v) is 24.4. The summed E-state index contributed by atoms with van der Waals surface area (Å²) < 4.78 is 29.5. The summed E-state index contributed by atoms with van der Waals surface area (Å²) in [7, 11) is 1.71. The van der Waals surface area contributed by atoms with Crippen molar-refractivity contribution in [3.8, 4) is 21.9 Å². The van der Waals surface area contributed by atoms with Gasteiger partial charge in [0.25, 0.3) is 0 Å². The minimum absolute atomic E-state index is 0.0344. The lowest BCUT2D eigenvalue weighted by Gasteiger charge is -2.35. The van der Waals surface area contributed by atoms with Gasteiger partial charge in [-0.25, -0.2) is 4.98 Å². The number of likely N-dealkylation sites (N-methyl/N-ethyl adjacent to an activating group) is 1. The van der Waals surface area contributed by atoms with Crippen molar-refractivity contribution in [1.82, 2.24) is 41.4 Å². The molecule has 2 saturated heterocycles. The Labute approximate surface area is 497 Å². The molecule has 21 heteroatoms. The number of fused-ring (bicyclic) bond motifs is 1. The number of rotatable bonds is 27. The Bertz CT molecular complexity index is 2840. The van der Waals surface area contributed by atoms with Gasteiger partial charge < -0.3 is 65.2 Å². The van der Waals surface area contributed by atoms with E-state index in [2.05, 4.69) is 43.7 Å². The standard InChI is InChI=1S/C63H86N8O12S/c1-40-56(84-39-66-40)45-24-22-42(23-25-45)35-65-59(75)52-32-46(72)36-70(52)62(78)57(63(3,4)5)68-54(73)38-81-29-28-79-26-27-80-30-31-82-47-18-13-19-48(33-47)83-49-34-53(60(76)67-51-21-12-17-43-14-10-11-20-50(43)51)71(37-49)61(77)55(44-15-8-7-9-16-44)69-58(74)41(2)64-6/h10-11,13-14,18-20,22-25,33,39,41,44,46,49,51-53,55,57,64,72H,7-9,12,15-17,21,26-32,34-38H2,1-6H3,(H,65,75)(H,67,76)(H,68,73)(H,69,74)/t41-,46+,49-,51+,52-,53-,55-,57+/m0/s1. The normalized spacial score (nSPS) is 21.0. The van der Waals surface area contributed by atoms with E-state index in [0.717, 1.165) is 78.6 Å². The number of hydrogen-bond acceptors (Lipinski definition) is 15. The van der Waals surface area contributed by atoms with Gasteiger partial charge in [-0.05, 0) is 98.7 Å². The molecule has 3 heterocycles. The third-order valence-electron chi connectivity index (χ3n) is 16.3. The number of nitrogens with one attached hydrogen (secondary N) is 5. The monoisotopic (exact) mass is 1180 g/mol. The van der Waals surface area contributed by atoms with Gasteiger partial charge in [-0.3, -0.25) is 28.8 Å². The van der Waals surface area contributed by atoms with E-state index < -0.39 is 59.6 Å². The van der Waals surface area contributed by atoms with Crippen molar-refractivity contribution in [2.45, 2.75) is 154 Å². The van der Waals surface area contributed by atoms with Crippen LogP contribution in [0.2, 0.25) is 0 Å². The number of carbonyl (C=O) groups is 6. The third-order valence-corrected chi connectivity index (χ3v) is 17.3. The zero-order valence-electron chi connectivity index (χ0n) is 49.5. The Morgan fingerprint density at radius 2 is 1.45 bits per heavy atom. The number of β-amino-alcohol motifs (C(OH)–C–C–N with tert-alkyl or cyclic N) is 1. The van der Waals surface area contributed by atoms with E-state index in [0.29, 0.717) is 11.5 Å². The van der Waals surface area contributed by atoms with E-state index in [-0.39, 0.29) is 114 Å². The Balaban J connectivity index is 0.745. The molecule has 4 aromatic rings. The largest absolute Gasteiger partial charge is 0.491 e. The zero-order chi connectivity index (χ0) is 59.8. The number of aromatic nitrogens is 1. The van der Waals surface area contributed by atoms with Crippen molar-refractivity contribution in [2.75, 3.05) is 66.4 Å². The SMILES string of the molecule is CN[C@@H](C)C(=O)N[C@H](C(=O)N1C[C@@H](Oc2cccc(OCCOCCOCCOCC(=O)N[C@H](C(=O)N3C[C@H](O)C[C@H]3C(=O)NCc3ccc(-c4scnc4C)cc3)C(C)(C)C)c2)C[C@H]1C(=O)N[C@@H]1CCCc2ccccc21)C1CCCCC1. The van der Waals surface area contributed by atoms with Crippen molar-refractivity contribution in [1.29, 1.82) is 0 Å². The van der Waals surface area contributed by atoms with Gasteiger partial charge in [0.1, 0.15) is 55.0 Å². The van der Waals surface area contributed by atoms with Crippen LogP contribution in [0.15, 0.2) is 78.3 Å². The van der Waals surface area contributed by atoms with Crippen LogP contribution in [0, 0.1) is 18.3 Å². The highest BCUT2D eigenvalue weighted by Gasteiger charge is 2.47.